The van der Waals surface area contributed by atoms with Crippen LogP contribution in [0.3, 0.4) is 0 Å². The van der Waals surface area contributed by atoms with Gasteiger partial charge < -0.3 is 9.47 Å². The molecule has 3 rings (SSSR count). The Morgan fingerprint density at radius 2 is 2.04 bits per heavy atom. The maximum Gasteiger partial charge on any atom is 0.243 e. The van der Waals surface area contributed by atoms with Crippen LogP contribution >= 0.6 is 0 Å². The van der Waals surface area contributed by atoms with Crippen molar-refractivity contribution < 1.29 is 17.9 Å². The molecule has 2 fully saturated rings. The summed E-state index contributed by atoms with van der Waals surface area (Å²) in [7, 11) is -1.95. The number of sulfonamides is 1. The Hall–Kier alpha value is -1.15. The van der Waals surface area contributed by atoms with Gasteiger partial charge in [0.2, 0.25) is 10.0 Å². The van der Waals surface area contributed by atoms with Gasteiger partial charge >= 0.3 is 0 Å². The van der Waals surface area contributed by atoms with E-state index in [9.17, 15) is 8.42 Å². The molecule has 2 heterocycles. The molecule has 0 saturated carbocycles. The van der Waals surface area contributed by atoms with E-state index in [4.69, 9.17) is 9.47 Å². The van der Waals surface area contributed by atoms with Crippen molar-refractivity contribution >= 4 is 10.0 Å². The highest BCUT2D eigenvalue weighted by molar-refractivity contribution is 7.89. The van der Waals surface area contributed by atoms with Crippen molar-refractivity contribution in [3.8, 4) is 5.75 Å². The zero-order chi connectivity index (χ0) is 17.2. The van der Waals surface area contributed by atoms with Crippen LogP contribution in [0.1, 0.15) is 31.7 Å². The van der Waals surface area contributed by atoms with E-state index in [1.54, 1.807) is 23.5 Å². The van der Waals surface area contributed by atoms with E-state index < -0.39 is 10.0 Å². The van der Waals surface area contributed by atoms with Gasteiger partial charge in [0.1, 0.15) is 11.5 Å². The second-order valence-electron chi connectivity index (χ2n) is 6.44. The Bertz CT molecular complexity index is 674. The summed E-state index contributed by atoms with van der Waals surface area (Å²) in [5.74, 6) is 0.591. The molecule has 2 aliphatic rings. The van der Waals surface area contributed by atoms with Gasteiger partial charge in [0.05, 0.1) is 18.6 Å². The summed E-state index contributed by atoms with van der Waals surface area (Å²) in [6.07, 6.45) is 3.15. The average Bonchev–Trinajstić information content (AvgIpc) is 3.03. The first kappa shape index (κ1) is 17.7. The molecule has 0 aromatic heterocycles. The van der Waals surface area contributed by atoms with Crippen LogP contribution < -0.4 is 10.1 Å². The first-order chi connectivity index (χ1) is 11.5. The van der Waals surface area contributed by atoms with Crippen molar-refractivity contribution in [2.75, 3.05) is 33.4 Å². The van der Waals surface area contributed by atoms with Crippen LogP contribution in [0, 0.1) is 0 Å². The fourth-order valence-corrected chi connectivity index (χ4v) is 4.99. The molecule has 1 N–H and O–H groups in total. The van der Waals surface area contributed by atoms with Crippen LogP contribution in [0.4, 0.5) is 0 Å². The molecule has 0 atom stereocenters. The van der Waals surface area contributed by atoms with Crippen LogP contribution in [0.25, 0.3) is 0 Å². The van der Waals surface area contributed by atoms with Crippen LogP contribution in [0.15, 0.2) is 23.1 Å². The molecular formula is C17H26N2O4S. The number of nitrogens with zero attached hydrogens (tertiary/aromatic N) is 1. The molecule has 0 amide bonds. The van der Waals surface area contributed by atoms with Gasteiger partial charge in [-0.15, -0.1) is 0 Å². The van der Waals surface area contributed by atoms with Gasteiger partial charge in [-0.3, -0.25) is 5.32 Å². The molecule has 6 nitrogen and oxygen atoms in total. The smallest absolute Gasteiger partial charge is 0.243 e. The predicted molar refractivity (Wildman–Crippen MR) is 91.7 cm³/mol. The minimum absolute atomic E-state index is 0.321. The highest BCUT2D eigenvalue weighted by atomic mass is 32.2. The summed E-state index contributed by atoms with van der Waals surface area (Å²) < 4.78 is 38.7. The predicted octanol–water partition coefficient (Wildman–Crippen LogP) is 1.75. The molecule has 1 aromatic carbocycles. The van der Waals surface area contributed by atoms with E-state index in [1.807, 2.05) is 6.07 Å². The van der Waals surface area contributed by atoms with Crippen molar-refractivity contribution in [2.24, 2.45) is 0 Å². The second kappa shape index (κ2) is 7.00. The van der Waals surface area contributed by atoms with Crippen LogP contribution in [0.5, 0.6) is 5.75 Å². The van der Waals surface area contributed by atoms with Gasteiger partial charge in [0, 0.05) is 38.5 Å². The maximum absolute atomic E-state index is 13.0. The number of benzene rings is 1. The molecule has 0 radical (unpaired) electrons. The molecule has 7 heteroatoms. The van der Waals surface area contributed by atoms with E-state index in [1.165, 1.54) is 0 Å². The summed E-state index contributed by atoms with van der Waals surface area (Å²) in [5, 5.41) is 3.36. The number of nitrogens with one attached hydrogen (secondary N) is 1. The number of methoxy groups -OCH3 is 1. The minimum Gasteiger partial charge on any atom is -0.497 e. The zero-order valence-electron chi connectivity index (χ0n) is 14.4. The lowest BCUT2D eigenvalue weighted by atomic mass is 10.0. The highest BCUT2D eigenvalue weighted by Crippen LogP contribution is 2.31. The quantitative estimate of drug-likeness (QED) is 0.872. The first-order valence-corrected chi connectivity index (χ1v) is 10.0. The van der Waals surface area contributed by atoms with Crippen LogP contribution in [0.2, 0.25) is 0 Å². The first-order valence-electron chi connectivity index (χ1n) is 8.56. The summed E-state index contributed by atoms with van der Waals surface area (Å²) >= 11 is 0. The molecule has 1 aromatic rings. The van der Waals surface area contributed by atoms with Crippen LogP contribution in [-0.4, -0.2) is 51.8 Å². The Kier molecular flexibility index (Phi) is 5.15. The lowest BCUT2D eigenvalue weighted by molar-refractivity contribution is -0.0445. The van der Waals surface area contributed by atoms with E-state index in [0.717, 1.165) is 24.9 Å². The van der Waals surface area contributed by atoms with E-state index in [2.05, 4.69) is 12.2 Å². The van der Waals surface area contributed by atoms with E-state index in [0.29, 0.717) is 43.2 Å². The average molecular weight is 354 g/mol. The largest absolute Gasteiger partial charge is 0.497 e. The van der Waals surface area contributed by atoms with Gasteiger partial charge in [-0.05, 0) is 24.1 Å². The minimum atomic E-state index is -3.51. The summed E-state index contributed by atoms with van der Waals surface area (Å²) in [6.45, 7) is 4.55. The maximum atomic E-state index is 13.0. The van der Waals surface area contributed by atoms with Gasteiger partial charge in [0.15, 0.2) is 0 Å². The number of aryl methyl sites for hydroxylation is 1. The highest BCUT2D eigenvalue weighted by Gasteiger charge is 2.41. The fraction of sp³-hybridized carbons (Fsp3) is 0.647. The normalized spacial score (nSPS) is 21.2. The summed E-state index contributed by atoms with van der Waals surface area (Å²) in [6, 6.07) is 5.29. The Labute approximate surface area is 144 Å². The van der Waals surface area contributed by atoms with Gasteiger partial charge in [-0.25, -0.2) is 8.42 Å². The zero-order valence-corrected chi connectivity index (χ0v) is 15.2. The Morgan fingerprint density at radius 3 is 2.62 bits per heavy atom. The van der Waals surface area contributed by atoms with Gasteiger partial charge in [-0.1, -0.05) is 13.3 Å². The summed E-state index contributed by atoms with van der Waals surface area (Å²) in [4.78, 5) is 0.321. The van der Waals surface area contributed by atoms with Crippen molar-refractivity contribution in [3.05, 3.63) is 23.8 Å². The fourth-order valence-electron chi connectivity index (χ4n) is 3.46. The molecule has 1 spiro atoms. The van der Waals surface area contributed by atoms with Crippen molar-refractivity contribution in [2.45, 2.75) is 43.2 Å². The second-order valence-corrected chi connectivity index (χ2v) is 8.38. The van der Waals surface area contributed by atoms with Crippen molar-refractivity contribution in [1.29, 1.82) is 0 Å². The molecule has 0 bridgehead atoms. The Balaban J connectivity index is 1.81. The van der Waals surface area contributed by atoms with Gasteiger partial charge in [0.25, 0.3) is 0 Å². The standard InChI is InChI=1S/C17H26N2O4S/c1-3-4-14-11-15(22-2)13-16(12-14)24(20,21)19-8-5-17(6-9-19)18-7-10-23-17/h11-13,18H,3-10H2,1-2H3. The number of ether oxygens (including phenoxy) is 2. The number of rotatable bonds is 5. The lowest BCUT2D eigenvalue weighted by Crippen LogP contribution is -2.52. The number of hydrogen-bond donors (Lipinski definition) is 1. The van der Waals surface area contributed by atoms with Gasteiger partial charge in [-0.2, -0.15) is 4.31 Å². The van der Waals surface area contributed by atoms with Crippen molar-refractivity contribution in [3.63, 3.8) is 0 Å². The van der Waals surface area contributed by atoms with Crippen LogP contribution in [-0.2, 0) is 21.2 Å². The van der Waals surface area contributed by atoms with E-state index in [-0.39, 0.29) is 5.72 Å². The third-order valence-electron chi connectivity index (χ3n) is 4.81. The van der Waals surface area contributed by atoms with Crippen molar-refractivity contribution in [1.82, 2.24) is 9.62 Å². The molecular weight excluding hydrogens is 328 g/mol. The molecule has 0 aliphatic carbocycles. The third kappa shape index (κ3) is 3.44. The molecule has 2 aliphatic heterocycles. The van der Waals surface area contributed by atoms with E-state index >= 15 is 0 Å². The Morgan fingerprint density at radius 1 is 1.29 bits per heavy atom. The summed E-state index contributed by atoms with van der Waals surface area (Å²) in [5.41, 5.74) is 0.665. The topological polar surface area (TPSA) is 67.9 Å². The number of hydrogen-bond acceptors (Lipinski definition) is 5. The monoisotopic (exact) mass is 354 g/mol. The SMILES string of the molecule is CCCc1cc(OC)cc(S(=O)(=O)N2CCC3(CC2)NCCO3)c1. The molecule has 24 heavy (non-hydrogen) atoms. The molecule has 2 saturated heterocycles. The number of piperidine rings is 1. The lowest BCUT2D eigenvalue weighted by Gasteiger charge is -2.37. The molecule has 0 unspecified atom stereocenters. The third-order valence-corrected chi connectivity index (χ3v) is 6.69. The molecule has 134 valence electrons.